The van der Waals surface area contributed by atoms with E-state index in [0.717, 1.165) is 48.6 Å². The van der Waals surface area contributed by atoms with Gasteiger partial charge in [0.05, 0.1) is 6.54 Å². The van der Waals surface area contributed by atoms with Crippen LogP contribution in [0.5, 0.6) is 5.75 Å². The number of aliphatic imine (C=N–C) groups is 1. The summed E-state index contributed by atoms with van der Waals surface area (Å²) in [5.41, 5.74) is 0. The second kappa shape index (κ2) is 11.5. The Labute approximate surface area is 166 Å². The molecule has 8 heteroatoms. The summed E-state index contributed by atoms with van der Waals surface area (Å²) >= 11 is 1.85. The third kappa shape index (κ3) is 7.13. The van der Waals surface area contributed by atoms with Crippen molar-refractivity contribution in [1.82, 2.24) is 25.0 Å². The zero-order chi connectivity index (χ0) is 19.5. The maximum Gasteiger partial charge on any atom is 0.194 e. The van der Waals surface area contributed by atoms with Crippen LogP contribution in [0.25, 0.3) is 0 Å². The summed E-state index contributed by atoms with van der Waals surface area (Å²) in [6, 6.07) is 9.86. The number of nitrogens with zero attached hydrogens (tertiary/aromatic N) is 5. The Balaban J connectivity index is 1.92. The Hall–Kier alpha value is -2.22. The van der Waals surface area contributed by atoms with Gasteiger partial charge in [-0.25, -0.2) is 4.99 Å². The number of thioether (sulfide) groups is 1. The van der Waals surface area contributed by atoms with Gasteiger partial charge in [-0.3, -0.25) is 0 Å². The van der Waals surface area contributed by atoms with E-state index >= 15 is 0 Å². The van der Waals surface area contributed by atoms with Crippen molar-refractivity contribution in [1.29, 1.82) is 0 Å². The molecule has 0 bridgehead atoms. The van der Waals surface area contributed by atoms with Gasteiger partial charge in [0.15, 0.2) is 11.8 Å². The highest BCUT2D eigenvalue weighted by Crippen LogP contribution is 2.08. The fraction of sp³-hybridized carbons (Fsp3) is 0.526. The van der Waals surface area contributed by atoms with Gasteiger partial charge in [-0.15, -0.1) is 10.2 Å². The minimum Gasteiger partial charge on any atom is -0.492 e. The molecule has 0 fully saturated rings. The molecule has 0 amide bonds. The monoisotopic (exact) mass is 390 g/mol. The van der Waals surface area contributed by atoms with E-state index in [9.17, 15) is 0 Å². The number of nitrogens with one attached hydrogen (secondary N) is 1. The van der Waals surface area contributed by atoms with Crippen LogP contribution in [0.3, 0.4) is 0 Å². The van der Waals surface area contributed by atoms with Gasteiger partial charge in [-0.2, -0.15) is 11.8 Å². The SMILES string of the molecule is CSCCCNC(=NCc1nnc(C)n1C)N(C)CCOc1ccccc1. The topological polar surface area (TPSA) is 67.6 Å². The van der Waals surface area contributed by atoms with Gasteiger partial charge in [0.2, 0.25) is 0 Å². The van der Waals surface area contributed by atoms with E-state index in [1.807, 2.05) is 67.7 Å². The predicted octanol–water partition coefficient (Wildman–Crippen LogP) is 2.33. The van der Waals surface area contributed by atoms with Gasteiger partial charge in [0, 0.05) is 20.6 Å². The molecular formula is C19H30N6OS. The van der Waals surface area contributed by atoms with Crippen LogP contribution in [-0.4, -0.2) is 64.4 Å². The lowest BCUT2D eigenvalue weighted by Crippen LogP contribution is -2.41. The molecule has 0 saturated carbocycles. The Kier molecular flexibility index (Phi) is 8.97. The van der Waals surface area contributed by atoms with Gasteiger partial charge >= 0.3 is 0 Å². The standard InChI is InChI=1S/C19H30N6OS/c1-16-22-23-18(25(16)3)15-21-19(20-11-8-14-27-4)24(2)12-13-26-17-9-6-5-7-10-17/h5-7,9-10H,8,11-15H2,1-4H3,(H,20,21). The van der Waals surface area contributed by atoms with E-state index in [1.165, 1.54) is 0 Å². The van der Waals surface area contributed by atoms with Crippen LogP contribution in [0.15, 0.2) is 35.3 Å². The van der Waals surface area contributed by atoms with Crippen LogP contribution in [0.4, 0.5) is 0 Å². The number of hydrogen-bond acceptors (Lipinski definition) is 5. The summed E-state index contributed by atoms with van der Waals surface area (Å²) in [5.74, 6) is 4.60. The van der Waals surface area contributed by atoms with Gasteiger partial charge in [0.1, 0.15) is 24.7 Å². The molecular weight excluding hydrogens is 360 g/mol. The average molecular weight is 391 g/mol. The fourth-order valence-electron chi connectivity index (χ4n) is 2.39. The van der Waals surface area contributed by atoms with Gasteiger partial charge in [-0.1, -0.05) is 18.2 Å². The van der Waals surface area contributed by atoms with Crippen molar-refractivity contribution in [2.75, 3.05) is 38.8 Å². The van der Waals surface area contributed by atoms with Crippen LogP contribution in [0.2, 0.25) is 0 Å². The molecule has 148 valence electrons. The molecule has 0 atom stereocenters. The molecule has 0 aliphatic heterocycles. The van der Waals surface area contributed by atoms with Crippen molar-refractivity contribution in [2.24, 2.45) is 12.0 Å². The molecule has 0 spiro atoms. The van der Waals surface area contributed by atoms with E-state index in [1.54, 1.807) is 0 Å². The summed E-state index contributed by atoms with van der Waals surface area (Å²) in [4.78, 5) is 6.83. The van der Waals surface area contributed by atoms with Crippen LogP contribution in [-0.2, 0) is 13.6 Å². The smallest absolute Gasteiger partial charge is 0.194 e. The highest BCUT2D eigenvalue weighted by Gasteiger charge is 2.09. The molecule has 7 nitrogen and oxygen atoms in total. The van der Waals surface area contributed by atoms with Gasteiger partial charge in [0.25, 0.3) is 0 Å². The second-order valence-corrected chi connectivity index (χ2v) is 7.20. The van der Waals surface area contributed by atoms with E-state index < -0.39 is 0 Å². The molecule has 27 heavy (non-hydrogen) atoms. The van der Waals surface area contributed by atoms with Crippen molar-refractivity contribution in [3.8, 4) is 5.75 Å². The number of benzene rings is 1. The van der Waals surface area contributed by atoms with Gasteiger partial charge < -0.3 is 19.5 Å². The molecule has 1 N–H and O–H groups in total. The molecule has 1 aromatic carbocycles. The predicted molar refractivity (Wildman–Crippen MR) is 112 cm³/mol. The van der Waals surface area contributed by atoms with Crippen molar-refractivity contribution in [3.05, 3.63) is 42.0 Å². The number of ether oxygens (including phenoxy) is 1. The number of aryl methyl sites for hydroxylation is 1. The third-order valence-electron chi connectivity index (χ3n) is 4.16. The summed E-state index contributed by atoms with van der Waals surface area (Å²) in [6.45, 7) is 4.65. The molecule has 0 saturated heterocycles. The lowest BCUT2D eigenvalue weighted by atomic mass is 10.3. The lowest BCUT2D eigenvalue weighted by Gasteiger charge is -2.22. The van der Waals surface area contributed by atoms with Crippen LogP contribution in [0, 0.1) is 6.92 Å². The Morgan fingerprint density at radius 2 is 2.07 bits per heavy atom. The van der Waals surface area contributed by atoms with Crippen LogP contribution < -0.4 is 10.1 Å². The van der Waals surface area contributed by atoms with E-state index in [-0.39, 0.29) is 0 Å². The number of para-hydroxylation sites is 1. The summed E-state index contributed by atoms with van der Waals surface area (Å²) in [7, 11) is 3.99. The third-order valence-corrected chi connectivity index (χ3v) is 4.86. The van der Waals surface area contributed by atoms with Gasteiger partial charge in [-0.05, 0) is 37.5 Å². The molecule has 1 heterocycles. The minimum atomic E-state index is 0.492. The van der Waals surface area contributed by atoms with Crippen LogP contribution >= 0.6 is 11.8 Å². The zero-order valence-corrected chi connectivity index (χ0v) is 17.5. The first-order chi connectivity index (χ1) is 13.1. The Morgan fingerprint density at radius 3 is 2.74 bits per heavy atom. The normalized spacial score (nSPS) is 11.5. The van der Waals surface area contributed by atoms with E-state index in [2.05, 4.69) is 26.7 Å². The highest BCUT2D eigenvalue weighted by atomic mass is 32.2. The number of rotatable bonds is 10. The molecule has 0 aliphatic rings. The zero-order valence-electron chi connectivity index (χ0n) is 16.7. The molecule has 0 aliphatic carbocycles. The second-order valence-electron chi connectivity index (χ2n) is 6.22. The first-order valence-corrected chi connectivity index (χ1v) is 10.5. The molecule has 2 rings (SSSR count). The Morgan fingerprint density at radius 1 is 1.30 bits per heavy atom. The molecule has 0 unspecified atom stereocenters. The van der Waals surface area contributed by atoms with Crippen molar-refractivity contribution < 1.29 is 4.74 Å². The molecule has 1 aromatic heterocycles. The lowest BCUT2D eigenvalue weighted by molar-refractivity contribution is 0.281. The number of guanidine groups is 1. The first-order valence-electron chi connectivity index (χ1n) is 9.13. The molecule has 0 radical (unpaired) electrons. The number of likely N-dealkylation sites (N-methyl/N-ethyl adjacent to an activating group) is 1. The molecule has 2 aromatic rings. The van der Waals surface area contributed by atoms with Crippen molar-refractivity contribution in [2.45, 2.75) is 19.9 Å². The number of aromatic nitrogens is 3. The average Bonchev–Trinajstić information content (AvgIpc) is 3.00. The van der Waals surface area contributed by atoms with Crippen molar-refractivity contribution in [3.63, 3.8) is 0 Å². The quantitative estimate of drug-likeness (QED) is 0.382. The fourth-order valence-corrected chi connectivity index (χ4v) is 2.82. The van der Waals surface area contributed by atoms with Crippen molar-refractivity contribution >= 4 is 17.7 Å². The summed E-state index contributed by atoms with van der Waals surface area (Å²) in [5, 5.41) is 11.7. The summed E-state index contributed by atoms with van der Waals surface area (Å²) < 4.78 is 7.77. The minimum absolute atomic E-state index is 0.492. The van der Waals surface area contributed by atoms with Crippen LogP contribution in [0.1, 0.15) is 18.1 Å². The largest absolute Gasteiger partial charge is 0.492 e. The highest BCUT2D eigenvalue weighted by molar-refractivity contribution is 7.98. The van der Waals surface area contributed by atoms with E-state index in [0.29, 0.717) is 13.2 Å². The first kappa shape index (κ1) is 21.1. The van der Waals surface area contributed by atoms with E-state index in [4.69, 9.17) is 9.73 Å². The number of hydrogen-bond donors (Lipinski definition) is 1. The maximum atomic E-state index is 5.80. The Bertz CT molecular complexity index is 703. The summed E-state index contributed by atoms with van der Waals surface area (Å²) in [6.07, 6.45) is 3.22. The maximum absolute atomic E-state index is 5.80.